The van der Waals surface area contributed by atoms with Gasteiger partial charge < -0.3 is 25.2 Å². The normalized spacial score (nSPS) is 27.0. The van der Waals surface area contributed by atoms with Crippen LogP contribution in [0.25, 0.3) is 0 Å². The molecule has 2 aliphatic rings. The zero-order valence-corrected chi connectivity index (χ0v) is 21.4. The van der Waals surface area contributed by atoms with Gasteiger partial charge in [0.05, 0.1) is 18.8 Å². The average Bonchev–Trinajstić information content (AvgIpc) is 3.17. The molecule has 0 saturated carbocycles. The van der Waals surface area contributed by atoms with Crippen molar-refractivity contribution >= 4 is 29.9 Å². The Balaban J connectivity index is 0.00000341. The number of nitrogens with zero attached hydrogens (tertiary/aromatic N) is 2. The molecular formula is C23H39IN4O3. The Morgan fingerprint density at radius 1 is 1.16 bits per heavy atom. The van der Waals surface area contributed by atoms with Crippen LogP contribution in [0.1, 0.15) is 37.8 Å². The largest absolute Gasteiger partial charge is 0.396 e. The van der Waals surface area contributed by atoms with E-state index in [9.17, 15) is 5.11 Å². The van der Waals surface area contributed by atoms with E-state index in [1.54, 1.807) is 7.05 Å². The van der Waals surface area contributed by atoms with E-state index in [4.69, 9.17) is 9.47 Å². The van der Waals surface area contributed by atoms with Crippen molar-refractivity contribution in [3.8, 4) is 0 Å². The van der Waals surface area contributed by atoms with Crippen molar-refractivity contribution < 1.29 is 14.6 Å². The van der Waals surface area contributed by atoms with E-state index in [2.05, 4.69) is 58.6 Å². The van der Waals surface area contributed by atoms with Crippen molar-refractivity contribution in [2.24, 2.45) is 10.4 Å². The van der Waals surface area contributed by atoms with Gasteiger partial charge in [0.1, 0.15) is 0 Å². The summed E-state index contributed by atoms with van der Waals surface area (Å²) in [5.74, 6) is 0.777. The molecule has 3 unspecified atom stereocenters. The molecule has 2 saturated heterocycles. The van der Waals surface area contributed by atoms with E-state index in [1.165, 1.54) is 11.1 Å². The standard InChI is InChI=1S/C23H38N4O3.HI/c1-18-13-27(14-19(2)30-18)15-21-6-4-20(5-7-21)12-25-22(24-3)26-16-23(8-10-28)9-11-29-17-23;/h4-7,18-19,28H,8-17H2,1-3H3,(H2,24,25,26);1H. The number of nitrogens with one attached hydrogen (secondary N) is 2. The predicted octanol–water partition coefficient (Wildman–Crippen LogP) is 2.37. The second-order valence-corrected chi connectivity index (χ2v) is 8.82. The topological polar surface area (TPSA) is 78.4 Å². The first-order valence-corrected chi connectivity index (χ1v) is 11.1. The van der Waals surface area contributed by atoms with Gasteiger partial charge in [-0.05, 0) is 37.8 Å². The van der Waals surface area contributed by atoms with Gasteiger partial charge in [-0.15, -0.1) is 24.0 Å². The van der Waals surface area contributed by atoms with Gasteiger partial charge in [-0.2, -0.15) is 0 Å². The van der Waals surface area contributed by atoms with E-state index in [0.717, 1.165) is 58.1 Å². The van der Waals surface area contributed by atoms with Crippen molar-refractivity contribution in [2.45, 2.75) is 52.0 Å². The number of aliphatic hydroxyl groups excluding tert-OH is 1. The molecule has 0 aromatic heterocycles. The smallest absolute Gasteiger partial charge is 0.191 e. The van der Waals surface area contributed by atoms with Gasteiger partial charge >= 0.3 is 0 Å². The quantitative estimate of drug-likeness (QED) is 0.264. The van der Waals surface area contributed by atoms with Crippen LogP contribution in [0.3, 0.4) is 0 Å². The number of guanidine groups is 1. The number of aliphatic hydroxyl groups is 1. The Labute approximate surface area is 204 Å². The summed E-state index contributed by atoms with van der Waals surface area (Å²) >= 11 is 0. The van der Waals surface area contributed by atoms with E-state index >= 15 is 0 Å². The van der Waals surface area contributed by atoms with Crippen molar-refractivity contribution in [3.63, 3.8) is 0 Å². The minimum atomic E-state index is 0. The fraction of sp³-hybridized carbons (Fsp3) is 0.696. The first-order valence-electron chi connectivity index (χ1n) is 11.1. The van der Waals surface area contributed by atoms with Crippen molar-refractivity contribution in [1.29, 1.82) is 0 Å². The summed E-state index contributed by atoms with van der Waals surface area (Å²) in [4.78, 5) is 6.80. The molecule has 0 amide bonds. The molecule has 1 aromatic rings. The molecule has 0 bridgehead atoms. The average molecular weight is 546 g/mol. The summed E-state index contributed by atoms with van der Waals surface area (Å²) in [7, 11) is 1.78. The van der Waals surface area contributed by atoms with E-state index < -0.39 is 0 Å². The summed E-state index contributed by atoms with van der Waals surface area (Å²) in [5, 5.41) is 16.2. The maximum Gasteiger partial charge on any atom is 0.191 e. The fourth-order valence-corrected chi connectivity index (χ4v) is 4.42. The summed E-state index contributed by atoms with van der Waals surface area (Å²) in [5.41, 5.74) is 2.55. The van der Waals surface area contributed by atoms with Crippen LogP contribution in [0.5, 0.6) is 0 Å². The fourth-order valence-electron chi connectivity index (χ4n) is 4.42. The first kappa shape index (κ1) is 26.3. The molecule has 0 radical (unpaired) electrons. The number of morpholine rings is 1. The molecule has 2 fully saturated rings. The number of aliphatic imine (C=N–C) groups is 1. The monoisotopic (exact) mass is 546 g/mol. The Morgan fingerprint density at radius 3 is 2.42 bits per heavy atom. The van der Waals surface area contributed by atoms with E-state index in [-0.39, 0.29) is 36.0 Å². The molecule has 2 aliphatic heterocycles. The van der Waals surface area contributed by atoms with Crippen LogP contribution in [0, 0.1) is 5.41 Å². The first-order chi connectivity index (χ1) is 14.5. The molecule has 3 N–H and O–H groups in total. The number of benzene rings is 1. The summed E-state index contributed by atoms with van der Waals surface area (Å²) in [6.07, 6.45) is 2.31. The highest BCUT2D eigenvalue weighted by atomic mass is 127. The van der Waals surface area contributed by atoms with Crippen LogP contribution in [0.15, 0.2) is 29.3 Å². The van der Waals surface area contributed by atoms with E-state index in [0.29, 0.717) is 18.8 Å². The lowest BCUT2D eigenvalue weighted by atomic mass is 9.84. The van der Waals surface area contributed by atoms with Crippen LogP contribution in [0.4, 0.5) is 0 Å². The lowest BCUT2D eigenvalue weighted by Crippen LogP contribution is -2.44. The number of rotatable bonds is 8. The van der Waals surface area contributed by atoms with Gasteiger partial charge in [-0.3, -0.25) is 9.89 Å². The van der Waals surface area contributed by atoms with Crippen LogP contribution < -0.4 is 10.6 Å². The Bertz CT molecular complexity index is 670. The van der Waals surface area contributed by atoms with Crippen molar-refractivity contribution in [1.82, 2.24) is 15.5 Å². The maximum absolute atomic E-state index is 9.38. The molecular weight excluding hydrogens is 507 g/mol. The van der Waals surface area contributed by atoms with Gasteiger partial charge in [0.15, 0.2) is 5.96 Å². The van der Waals surface area contributed by atoms with Gasteiger partial charge in [0.25, 0.3) is 0 Å². The molecule has 0 spiro atoms. The predicted molar refractivity (Wildman–Crippen MR) is 135 cm³/mol. The molecule has 176 valence electrons. The summed E-state index contributed by atoms with van der Waals surface area (Å²) in [6, 6.07) is 8.79. The van der Waals surface area contributed by atoms with Crippen molar-refractivity contribution in [3.05, 3.63) is 35.4 Å². The highest BCUT2D eigenvalue weighted by molar-refractivity contribution is 14.0. The SMILES string of the molecule is CN=C(NCc1ccc(CN2CC(C)OC(C)C2)cc1)NCC1(CCO)CCOC1.I. The second kappa shape index (κ2) is 12.9. The van der Waals surface area contributed by atoms with E-state index in [1.807, 2.05) is 0 Å². The van der Waals surface area contributed by atoms with Crippen LogP contribution >= 0.6 is 24.0 Å². The van der Waals surface area contributed by atoms with Crippen LogP contribution in [-0.4, -0.2) is 74.7 Å². The van der Waals surface area contributed by atoms with Gasteiger partial charge in [0, 0.05) is 58.4 Å². The third-order valence-electron chi connectivity index (χ3n) is 6.07. The van der Waals surface area contributed by atoms with Crippen molar-refractivity contribution in [2.75, 3.05) is 46.5 Å². The minimum Gasteiger partial charge on any atom is -0.396 e. The Morgan fingerprint density at radius 2 is 1.84 bits per heavy atom. The molecule has 8 heteroatoms. The molecule has 3 rings (SSSR count). The minimum absolute atomic E-state index is 0. The number of hydrogen-bond donors (Lipinski definition) is 3. The highest BCUT2D eigenvalue weighted by Crippen LogP contribution is 2.31. The third-order valence-corrected chi connectivity index (χ3v) is 6.07. The Hall–Kier alpha value is -0.940. The molecule has 7 nitrogen and oxygen atoms in total. The molecule has 31 heavy (non-hydrogen) atoms. The summed E-state index contributed by atoms with van der Waals surface area (Å²) in [6.45, 7) is 10.3. The second-order valence-electron chi connectivity index (χ2n) is 8.82. The van der Waals surface area contributed by atoms with Gasteiger partial charge in [-0.1, -0.05) is 24.3 Å². The third kappa shape index (κ3) is 8.16. The molecule has 0 aliphatic carbocycles. The number of hydrogen-bond acceptors (Lipinski definition) is 5. The number of ether oxygens (including phenoxy) is 2. The zero-order chi connectivity index (χ0) is 21.4. The summed E-state index contributed by atoms with van der Waals surface area (Å²) < 4.78 is 11.4. The molecule has 1 aromatic carbocycles. The maximum atomic E-state index is 9.38. The lowest BCUT2D eigenvalue weighted by Gasteiger charge is -2.35. The molecule has 3 atom stereocenters. The zero-order valence-electron chi connectivity index (χ0n) is 19.1. The number of halogens is 1. The van der Waals surface area contributed by atoms with Crippen LogP contribution in [-0.2, 0) is 22.6 Å². The molecule has 2 heterocycles. The Kier molecular flexibility index (Phi) is 11.0. The highest BCUT2D eigenvalue weighted by Gasteiger charge is 2.34. The van der Waals surface area contributed by atoms with Gasteiger partial charge in [-0.25, -0.2) is 0 Å². The van der Waals surface area contributed by atoms with Gasteiger partial charge in [0.2, 0.25) is 0 Å². The van der Waals surface area contributed by atoms with Crippen LogP contribution in [0.2, 0.25) is 0 Å². The lowest BCUT2D eigenvalue weighted by molar-refractivity contribution is -0.0704.